The van der Waals surface area contributed by atoms with Crippen LogP contribution in [0, 0.1) is 13.8 Å². The van der Waals surface area contributed by atoms with Gasteiger partial charge in [-0.1, -0.05) is 17.7 Å². The van der Waals surface area contributed by atoms with Gasteiger partial charge in [-0.25, -0.2) is 22.4 Å². The van der Waals surface area contributed by atoms with Crippen molar-refractivity contribution in [1.29, 1.82) is 0 Å². The van der Waals surface area contributed by atoms with Crippen molar-refractivity contribution in [2.24, 2.45) is 0 Å². The third kappa shape index (κ3) is 2.16. The van der Waals surface area contributed by atoms with E-state index in [1.165, 1.54) is 10.3 Å². The molecule has 0 radical (unpaired) electrons. The topological polar surface area (TPSA) is 64.8 Å². The highest BCUT2D eigenvalue weighted by Gasteiger charge is 2.24. The van der Waals surface area contributed by atoms with Crippen LogP contribution in [0.1, 0.15) is 11.3 Å². The van der Waals surface area contributed by atoms with E-state index < -0.39 is 10.0 Å². The Balaban J connectivity index is 2.34. The first kappa shape index (κ1) is 14.2. The normalized spacial score (nSPS) is 12.0. The minimum absolute atomic E-state index is 0.235. The molecule has 0 bridgehead atoms. The molecule has 2 heterocycles. The number of nitrogens with zero attached hydrogens (tertiary/aromatic N) is 3. The van der Waals surface area contributed by atoms with Crippen LogP contribution in [0.3, 0.4) is 0 Å². The third-order valence-corrected chi connectivity index (χ3v) is 6.10. The lowest BCUT2D eigenvalue weighted by Gasteiger charge is -2.09. The van der Waals surface area contributed by atoms with E-state index in [0.29, 0.717) is 21.2 Å². The monoisotopic (exact) mass is 365 g/mol. The number of halogens is 1. The molecule has 0 atom stereocenters. The van der Waals surface area contributed by atoms with Gasteiger partial charge >= 0.3 is 0 Å². The summed E-state index contributed by atoms with van der Waals surface area (Å²) in [6.45, 7) is 3.65. The Morgan fingerprint density at radius 3 is 2.48 bits per heavy atom. The molecule has 3 aromatic rings. The minimum Gasteiger partial charge on any atom is -0.244 e. The number of hydrogen-bond acceptors (Lipinski definition) is 4. The zero-order valence-corrected chi connectivity index (χ0v) is 13.8. The first-order chi connectivity index (χ1) is 9.93. The van der Waals surface area contributed by atoms with Crippen molar-refractivity contribution in [2.45, 2.75) is 18.7 Å². The molecule has 0 N–H and O–H groups in total. The van der Waals surface area contributed by atoms with Gasteiger partial charge in [-0.2, -0.15) is 0 Å². The molecule has 0 aliphatic rings. The summed E-state index contributed by atoms with van der Waals surface area (Å²) in [5.41, 5.74) is 1.95. The molecule has 2 aromatic heterocycles. The fraction of sp³-hybridized carbons (Fsp3) is 0.143. The molecule has 0 aliphatic heterocycles. The van der Waals surface area contributed by atoms with Gasteiger partial charge < -0.3 is 0 Å². The molecule has 108 valence electrons. The van der Waals surface area contributed by atoms with Gasteiger partial charge in [-0.3, -0.25) is 0 Å². The van der Waals surface area contributed by atoms with Gasteiger partial charge in [0.05, 0.1) is 14.8 Å². The van der Waals surface area contributed by atoms with Crippen LogP contribution in [0.2, 0.25) is 0 Å². The van der Waals surface area contributed by atoms with Crippen LogP contribution in [0.5, 0.6) is 0 Å². The van der Waals surface area contributed by atoms with Gasteiger partial charge in [0, 0.05) is 11.9 Å². The maximum Gasteiger partial charge on any atom is 0.269 e. The van der Waals surface area contributed by atoms with E-state index in [0.717, 1.165) is 5.56 Å². The van der Waals surface area contributed by atoms with Crippen molar-refractivity contribution in [1.82, 2.24) is 13.9 Å². The molecule has 0 saturated carbocycles. The Kier molecular flexibility index (Phi) is 3.33. The highest BCUT2D eigenvalue weighted by atomic mass is 79.9. The molecule has 0 spiro atoms. The van der Waals surface area contributed by atoms with Gasteiger partial charge in [-0.15, -0.1) is 0 Å². The van der Waals surface area contributed by atoms with Crippen LogP contribution in [0.15, 0.2) is 46.2 Å². The molecule has 1 aromatic carbocycles. The maximum absolute atomic E-state index is 12.9. The van der Waals surface area contributed by atoms with Crippen molar-refractivity contribution in [2.75, 3.05) is 0 Å². The van der Waals surface area contributed by atoms with Crippen molar-refractivity contribution in [3.63, 3.8) is 0 Å². The van der Waals surface area contributed by atoms with Crippen LogP contribution in [-0.4, -0.2) is 22.4 Å². The van der Waals surface area contributed by atoms with E-state index >= 15 is 0 Å². The summed E-state index contributed by atoms with van der Waals surface area (Å²) in [6, 6.07) is 6.76. The molecule has 5 nitrogen and oxygen atoms in total. The lowest BCUT2D eigenvalue weighted by Crippen LogP contribution is -2.15. The number of benzene rings is 1. The molecule has 3 rings (SSSR count). The van der Waals surface area contributed by atoms with E-state index in [9.17, 15) is 8.42 Å². The fourth-order valence-electron chi connectivity index (χ4n) is 2.19. The Labute approximate surface area is 130 Å². The minimum atomic E-state index is -3.70. The van der Waals surface area contributed by atoms with E-state index in [-0.39, 0.29) is 4.90 Å². The van der Waals surface area contributed by atoms with Crippen molar-refractivity contribution in [3.8, 4) is 0 Å². The second kappa shape index (κ2) is 4.92. The summed E-state index contributed by atoms with van der Waals surface area (Å²) in [4.78, 5) is 8.30. The number of aryl methyl sites for hydroxylation is 1. The lowest BCUT2D eigenvalue weighted by atomic mass is 10.2. The van der Waals surface area contributed by atoms with Crippen molar-refractivity contribution >= 4 is 37.0 Å². The van der Waals surface area contributed by atoms with Crippen LogP contribution in [-0.2, 0) is 10.0 Å². The predicted molar refractivity (Wildman–Crippen MR) is 83.7 cm³/mol. The number of fused-ring (bicyclic) bond motifs is 1. The summed E-state index contributed by atoms with van der Waals surface area (Å²) >= 11 is 3.41. The Hall–Kier alpha value is -1.73. The Morgan fingerprint density at radius 2 is 1.81 bits per heavy atom. The van der Waals surface area contributed by atoms with E-state index in [2.05, 4.69) is 25.9 Å². The fourth-order valence-corrected chi connectivity index (χ4v) is 4.28. The van der Waals surface area contributed by atoms with E-state index in [4.69, 9.17) is 0 Å². The van der Waals surface area contributed by atoms with Crippen LogP contribution in [0.25, 0.3) is 11.0 Å². The predicted octanol–water partition coefficient (Wildman–Crippen LogP) is 3.05. The van der Waals surface area contributed by atoms with Gasteiger partial charge in [0.1, 0.15) is 6.33 Å². The summed E-state index contributed by atoms with van der Waals surface area (Å²) < 4.78 is 27.7. The second-order valence-electron chi connectivity index (χ2n) is 4.74. The van der Waals surface area contributed by atoms with Crippen molar-refractivity contribution < 1.29 is 8.42 Å². The van der Waals surface area contributed by atoms with Crippen LogP contribution < -0.4 is 0 Å². The molecule has 0 amide bonds. The smallest absolute Gasteiger partial charge is 0.244 e. The quantitative estimate of drug-likeness (QED) is 0.699. The van der Waals surface area contributed by atoms with E-state index in [1.807, 2.05) is 6.92 Å². The highest BCUT2D eigenvalue weighted by molar-refractivity contribution is 9.10. The maximum atomic E-state index is 12.9. The molecular weight excluding hydrogens is 354 g/mol. The lowest BCUT2D eigenvalue weighted by molar-refractivity contribution is 0.587. The highest BCUT2D eigenvalue weighted by Crippen LogP contribution is 2.31. The average Bonchev–Trinajstić information content (AvgIpc) is 2.72. The van der Waals surface area contributed by atoms with Crippen molar-refractivity contribution in [3.05, 3.63) is 52.5 Å². The Bertz CT molecular complexity index is 931. The molecular formula is C14H12BrN3O2S. The first-order valence-corrected chi connectivity index (χ1v) is 8.45. The van der Waals surface area contributed by atoms with Crippen LogP contribution in [0.4, 0.5) is 0 Å². The molecule has 7 heteroatoms. The second-order valence-corrected chi connectivity index (χ2v) is 7.32. The number of rotatable bonds is 2. The standard InChI is InChI=1S/C14H12BrN3O2S/c1-9-3-5-11(6-4-9)21(19,20)18-10(2)13(15)12-7-16-8-17-14(12)18/h3-8H,1-2H3. The first-order valence-electron chi connectivity index (χ1n) is 6.21. The third-order valence-electron chi connectivity index (χ3n) is 3.30. The van der Waals surface area contributed by atoms with Gasteiger partial charge in [0.2, 0.25) is 0 Å². The van der Waals surface area contributed by atoms with Gasteiger partial charge in [0.25, 0.3) is 10.0 Å². The number of hydrogen-bond donors (Lipinski definition) is 0. The average molecular weight is 366 g/mol. The summed E-state index contributed by atoms with van der Waals surface area (Å²) in [5, 5.41) is 0.672. The van der Waals surface area contributed by atoms with E-state index in [1.54, 1.807) is 37.4 Å². The van der Waals surface area contributed by atoms with Gasteiger partial charge in [-0.05, 0) is 41.9 Å². The summed E-state index contributed by atoms with van der Waals surface area (Å²) in [7, 11) is -3.70. The van der Waals surface area contributed by atoms with Gasteiger partial charge in [0.15, 0.2) is 5.65 Å². The SMILES string of the molecule is Cc1ccc(S(=O)(=O)n2c(C)c(Br)c3cncnc32)cc1. The molecule has 0 saturated heterocycles. The molecule has 0 aliphatic carbocycles. The molecule has 21 heavy (non-hydrogen) atoms. The molecule has 0 fully saturated rings. The zero-order valence-electron chi connectivity index (χ0n) is 11.4. The summed E-state index contributed by atoms with van der Waals surface area (Å²) in [6.07, 6.45) is 2.94. The van der Waals surface area contributed by atoms with Crippen LogP contribution >= 0.6 is 15.9 Å². The number of aromatic nitrogens is 3. The summed E-state index contributed by atoms with van der Waals surface area (Å²) in [5.74, 6) is 0. The largest absolute Gasteiger partial charge is 0.269 e. The Morgan fingerprint density at radius 1 is 1.14 bits per heavy atom. The molecule has 0 unspecified atom stereocenters. The zero-order chi connectivity index (χ0) is 15.2.